The summed E-state index contributed by atoms with van der Waals surface area (Å²) in [4.78, 5) is 27.8. The van der Waals surface area contributed by atoms with Crippen LogP contribution in [0.2, 0.25) is 0 Å². The number of rotatable bonds is 9. The lowest BCUT2D eigenvalue weighted by Gasteiger charge is -2.33. The Kier molecular flexibility index (Phi) is 8.20. The molecule has 3 heterocycles. The number of aromatic nitrogens is 3. The minimum Gasteiger partial charge on any atom is -0.367 e. The van der Waals surface area contributed by atoms with Crippen molar-refractivity contribution in [1.29, 1.82) is 0 Å². The Bertz CT molecular complexity index is 1320. The monoisotopic (exact) mass is 507 g/mol. The summed E-state index contributed by atoms with van der Waals surface area (Å²) in [5, 5.41) is 9.84. The van der Waals surface area contributed by atoms with Gasteiger partial charge in [0.15, 0.2) is 0 Å². The van der Waals surface area contributed by atoms with E-state index in [1.165, 1.54) is 12.5 Å². The van der Waals surface area contributed by atoms with E-state index in [4.69, 9.17) is 4.98 Å². The van der Waals surface area contributed by atoms with E-state index in [1.807, 2.05) is 48.7 Å². The van der Waals surface area contributed by atoms with Crippen LogP contribution in [0.4, 0.5) is 17.5 Å². The highest BCUT2D eigenvalue weighted by molar-refractivity contribution is 5.89. The Morgan fingerprint density at radius 1 is 0.947 bits per heavy atom. The second kappa shape index (κ2) is 12.3. The van der Waals surface area contributed by atoms with Crippen LogP contribution in [-0.4, -0.2) is 44.9 Å². The van der Waals surface area contributed by atoms with Crippen molar-refractivity contribution in [1.82, 2.24) is 19.9 Å². The Hall–Kier alpha value is -4.30. The summed E-state index contributed by atoms with van der Waals surface area (Å²) in [6, 6.07) is 24.6. The SMILES string of the molecule is CC(=O)Nc1ccc(-c2cnc(NCc3ccccn3)nc2NC2CCN(Cc3ccccc3)CC2)cc1. The molecule has 0 unspecified atom stereocenters. The fraction of sp³-hybridized carbons (Fsp3) is 0.267. The van der Waals surface area contributed by atoms with Crippen LogP contribution in [0.25, 0.3) is 11.1 Å². The second-order valence-electron chi connectivity index (χ2n) is 9.57. The first-order valence-corrected chi connectivity index (χ1v) is 13.0. The topological polar surface area (TPSA) is 95.1 Å². The van der Waals surface area contributed by atoms with Crippen LogP contribution in [0.5, 0.6) is 0 Å². The summed E-state index contributed by atoms with van der Waals surface area (Å²) < 4.78 is 0. The van der Waals surface area contributed by atoms with Gasteiger partial charge >= 0.3 is 0 Å². The highest BCUT2D eigenvalue weighted by Crippen LogP contribution is 2.30. The summed E-state index contributed by atoms with van der Waals surface area (Å²) in [6.07, 6.45) is 5.71. The molecule has 5 rings (SSSR count). The minimum atomic E-state index is -0.0922. The van der Waals surface area contributed by atoms with Crippen LogP contribution in [0, 0.1) is 0 Å². The smallest absolute Gasteiger partial charge is 0.224 e. The largest absolute Gasteiger partial charge is 0.367 e. The number of piperidine rings is 1. The number of amides is 1. The summed E-state index contributed by atoms with van der Waals surface area (Å²) in [6.45, 7) is 5.09. The third-order valence-electron chi connectivity index (χ3n) is 6.64. The predicted molar refractivity (Wildman–Crippen MR) is 152 cm³/mol. The first-order valence-electron chi connectivity index (χ1n) is 13.0. The van der Waals surface area contributed by atoms with Crippen molar-refractivity contribution in [2.75, 3.05) is 29.0 Å². The Morgan fingerprint density at radius 3 is 2.42 bits per heavy atom. The van der Waals surface area contributed by atoms with E-state index in [0.717, 1.165) is 60.8 Å². The molecule has 2 aromatic carbocycles. The van der Waals surface area contributed by atoms with E-state index in [0.29, 0.717) is 18.5 Å². The number of nitrogens with zero attached hydrogens (tertiary/aromatic N) is 4. The van der Waals surface area contributed by atoms with E-state index in [9.17, 15) is 4.79 Å². The lowest BCUT2D eigenvalue weighted by Crippen LogP contribution is -2.38. The molecule has 0 saturated carbocycles. The van der Waals surface area contributed by atoms with Crippen molar-refractivity contribution < 1.29 is 4.79 Å². The van der Waals surface area contributed by atoms with Crippen LogP contribution in [-0.2, 0) is 17.9 Å². The van der Waals surface area contributed by atoms with Gasteiger partial charge in [-0.2, -0.15) is 4.98 Å². The average molecular weight is 508 g/mol. The fourth-order valence-electron chi connectivity index (χ4n) is 4.67. The molecule has 4 aromatic rings. The Morgan fingerprint density at radius 2 is 1.71 bits per heavy atom. The van der Waals surface area contributed by atoms with Gasteiger partial charge in [0.1, 0.15) is 5.82 Å². The number of hydrogen-bond acceptors (Lipinski definition) is 7. The van der Waals surface area contributed by atoms with E-state index in [1.54, 1.807) is 6.20 Å². The number of hydrogen-bond donors (Lipinski definition) is 3. The lowest BCUT2D eigenvalue weighted by molar-refractivity contribution is -0.114. The number of likely N-dealkylation sites (tertiary alicyclic amines) is 1. The fourth-order valence-corrected chi connectivity index (χ4v) is 4.67. The summed E-state index contributed by atoms with van der Waals surface area (Å²) in [5.41, 5.74) is 4.95. The van der Waals surface area contributed by atoms with Gasteiger partial charge in [-0.05, 0) is 48.2 Å². The number of benzene rings is 2. The molecule has 1 aliphatic heterocycles. The first-order chi connectivity index (χ1) is 18.6. The molecule has 0 aliphatic carbocycles. The maximum atomic E-state index is 11.4. The highest BCUT2D eigenvalue weighted by atomic mass is 16.1. The molecule has 1 amide bonds. The molecule has 2 aromatic heterocycles. The molecule has 3 N–H and O–H groups in total. The number of anilines is 3. The van der Waals surface area contributed by atoms with E-state index < -0.39 is 0 Å². The number of pyridine rings is 1. The minimum absolute atomic E-state index is 0.0922. The van der Waals surface area contributed by atoms with Gasteiger partial charge in [0.2, 0.25) is 11.9 Å². The van der Waals surface area contributed by atoms with E-state index >= 15 is 0 Å². The van der Waals surface area contributed by atoms with Gasteiger partial charge in [-0.1, -0.05) is 48.5 Å². The van der Waals surface area contributed by atoms with Crippen molar-refractivity contribution in [3.05, 3.63) is 96.4 Å². The molecular formula is C30H33N7O. The van der Waals surface area contributed by atoms with Crippen LogP contribution in [0.3, 0.4) is 0 Å². The van der Waals surface area contributed by atoms with Gasteiger partial charge in [-0.25, -0.2) is 4.98 Å². The quantitative estimate of drug-likeness (QED) is 0.287. The molecule has 38 heavy (non-hydrogen) atoms. The highest BCUT2D eigenvalue weighted by Gasteiger charge is 2.21. The maximum absolute atomic E-state index is 11.4. The maximum Gasteiger partial charge on any atom is 0.224 e. The molecule has 1 aliphatic rings. The van der Waals surface area contributed by atoms with E-state index in [-0.39, 0.29) is 5.91 Å². The van der Waals surface area contributed by atoms with Crippen molar-refractivity contribution in [2.24, 2.45) is 0 Å². The van der Waals surface area contributed by atoms with Gasteiger partial charge in [0.05, 0.1) is 12.2 Å². The van der Waals surface area contributed by atoms with Crippen molar-refractivity contribution in [2.45, 2.75) is 38.9 Å². The van der Waals surface area contributed by atoms with Crippen LogP contribution >= 0.6 is 0 Å². The van der Waals surface area contributed by atoms with Crippen LogP contribution < -0.4 is 16.0 Å². The molecule has 194 valence electrons. The third-order valence-corrected chi connectivity index (χ3v) is 6.64. The van der Waals surface area contributed by atoms with Crippen LogP contribution in [0.1, 0.15) is 31.0 Å². The van der Waals surface area contributed by atoms with Crippen molar-refractivity contribution >= 4 is 23.4 Å². The normalized spacial score (nSPS) is 14.1. The Labute approximate surface area is 223 Å². The van der Waals surface area contributed by atoms with Crippen molar-refractivity contribution in [3.63, 3.8) is 0 Å². The summed E-state index contributed by atoms with van der Waals surface area (Å²) >= 11 is 0. The molecule has 0 bridgehead atoms. The second-order valence-corrected chi connectivity index (χ2v) is 9.57. The van der Waals surface area contributed by atoms with E-state index in [2.05, 4.69) is 61.2 Å². The molecule has 0 atom stereocenters. The van der Waals surface area contributed by atoms with Crippen LogP contribution in [0.15, 0.2) is 85.2 Å². The molecule has 0 radical (unpaired) electrons. The van der Waals surface area contributed by atoms with Gasteiger partial charge < -0.3 is 16.0 Å². The van der Waals surface area contributed by atoms with Gasteiger partial charge in [0.25, 0.3) is 0 Å². The molecule has 0 spiro atoms. The predicted octanol–water partition coefficient (Wildman–Crippen LogP) is 5.19. The zero-order valence-corrected chi connectivity index (χ0v) is 21.6. The lowest BCUT2D eigenvalue weighted by atomic mass is 10.0. The van der Waals surface area contributed by atoms with Gasteiger partial charge in [-0.3, -0.25) is 14.7 Å². The van der Waals surface area contributed by atoms with Gasteiger partial charge in [0, 0.05) is 56.2 Å². The standard InChI is InChI=1S/C30H33N7O/c1-22(38)34-25-12-10-24(11-13-25)28-20-33-30(32-19-27-9-5-6-16-31-27)36-29(28)35-26-14-17-37(18-15-26)21-23-7-3-2-4-8-23/h2-13,16,20,26H,14-15,17-19,21H2,1H3,(H,34,38)(H2,32,33,35,36). The molecule has 8 nitrogen and oxygen atoms in total. The first kappa shape index (κ1) is 25.4. The average Bonchev–Trinajstić information content (AvgIpc) is 2.94. The number of nitrogens with one attached hydrogen (secondary N) is 3. The van der Waals surface area contributed by atoms with Gasteiger partial charge in [-0.15, -0.1) is 0 Å². The molecule has 1 fully saturated rings. The zero-order chi connectivity index (χ0) is 26.2. The summed E-state index contributed by atoms with van der Waals surface area (Å²) in [5.74, 6) is 1.26. The van der Waals surface area contributed by atoms with Crippen molar-refractivity contribution in [3.8, 4) is 11.1 Å². The third kappa shape index (κ3) is 6.92. The molecule has 8 heteroatoms. The molecule has 1 saturated heterocycles. The number of carbonyl (C=O) groups excluding carboxylic acids is 1. The summed E-state index contributed by atoms with van der Waals surface area (Å²) in [7, 11) is 0. The Balaban J connectivity index is 1.30. The number of carbonyl (C=O) groups is 1. The molecular weight excluding hydrogens is 474 g/mol. The zero-order valence-electron chi connectivity index (χ0n) is 21.6.